The van der Waals surface area contributed by atoms with Crippen LogP contribution in [0.1, 0.15) is 5.56 Å². The predicted octanol–water partition coefficient (Wildman–Crippen LogP) is 1.64. The van der Waals surface area contributed by atoms with E-state index >= 15 is 0 Å². The molecule has 1 rings (SSSR count). The lowest BCUT2D eigenvalue weighted by atomic mass is 10.2. The minimum atomic E-state index is -0.420. The molecule has 0 aliphatic rings. The molecular weight excluding hydrogens is 290 g/mol. The van der Waals surface area contributed by atoms with Crippen LogP contribution in [0, 0.1) is 10.1 Å². The summed E-state index contributed by atoms with van der Waals surface area (Å²) in [6.45, 7) is 4.09. The quantitative estimate of drug-likeness (QED) is 0.273. The summed E-state index contributed by atoms with van der Waals surface area (Å²) in [4.78, 5) is 12.3. The van der Waals surface area contributed by atoms with Gasteiger partial charge in [-0.15, -0.1) is 6.58 Å². The minimum absolute atomic E-state index is 0.0244. The number of rotatable bonds is 6. The molecule has 0 radical (unpaired) electrons. The smallest absolute Gasteiger partial charge is 0.293 e. The fraction of sp³-hybridized carbons (Fsp3) is 0.231. The van der Waals surface area contributed by atoms with Crippen LogP contribution in [0.3, 0.4) is 0 Å². The third-order valence-corrected chi connectivity index (χ3v) is 2.70. The fourth-order valence-corrected chi connectivity index (χ4v) is 1.65. The van der Waals surface area contributed by atoms with Gasteiger partial charge in [-0.25, -0.2) is 0 Å². The Bertz CT molecular complexity index is 572. The molecule has 21 heavy (non-hydrogen) atoms. The lowest BCUT2D eigenvalue weighted by molar-refractivity contribution is -0.384. The average Bonchev–Trinajstić information content (AvgIpc) is 2.44. The highest BCUT2D eigenvalue weighted by Crippen LogP contribution is 2.26. The number of benzene rings is 1. The number of thiocarbonyl (C=S) groups is 1. The Morgan fingerprint density at radius 2 is 2.29 bits per heavy atom. The average molecular weight is 307 g/mol. The Kier molecular flexibility index (Phi) is 6.28. The van der Waals surface area contributed by atoms with Crippen molar-refractivity contribution in [1.82, 2.24) is 10.7 Å². The van der Waals surface area contributed by atoms with Crippen molar-refractivity contribution in [3.63, 3.8) is 0 Å². The number of nitro groups is 1. The molecule has 0 saturated heterocycles. The van der Waals surface area contributed by atoms with Crippen LogP contribution in [0.4, 0.5) is 11.4 Å². The van der Waals surface area contributed by atoms with E-state index in [-0.39, 0.29) is 5.69 Å². The highest BCUT2D eigenvalue weighted by Gasteiger charge is 2.15. The lowest BCUT2D eigenvalue weighted by Gasteiger charge is -2.12. The van der Waals surface area contributed by atoms with E-state index in [0.717, 1.165) is 0 Å². The van der Waals surface area contributed by atoms with Gasteiger partial charge in [-0.2, -0.15) is 5.10 Å². The number of hydrazone groups is 1. The Balaban J connectivity index is 2.80. The summed E-state index contributed by atoms with van der Waals surface area (Å²) < 4.78 is 0. The van der Waals surface area contributed by atoms with Crippen molar-refractivity contribution in [3.05, 3.63) is 46.5 Å². The molecule has 0 fully saturated rings. The predicted molar refractivity (Wildman–Crippen MR) is 89.0 cm³/mol. The standard InChI is InChI=1S/C13H17N5O2S/c1-4-7-14-13(21)16-15-9-10-5-6-11(17(2)3)12(8-10)18(19)20/h4-6,8-9H,1,7H2,2-3H3,(H2,14,16,21)/b15-9-. The molecule has 0 saturated carbocycles. The molecule has 0 spiro atoms. The van der Waals surface area contributed by atoms with Gasteiger partial charge in [0.2, 0.25) is 0 Å². The molecule has 8 heteroatoms. The van der Waals surface area contributed by atoms with Crippen LogP contribution in [-0.2, 0) is 0 Å². The summed E-state index contributed by atoms with van der Waals surface area (Å²) in [5.74, 6) is 0. The van der Waals surface area contributed by atoms with E-state index in [9.17, 15) is 10.1 Å². The topological polar surface area (TPSA) is 82.8 Å². The van der Waals surface area contributed by atoms with Gasteiger partial charge in [-0.05, 0) is 18.3 Å². The molecule has 0 aromatic heterocycles. The van der Waals surface area contributed by atoms with E-state index in [2.05, 4.69) is 22.4 Å². The molecule has 0 aliphatic carbocycles. The second-order valence-corrected chi connectivity index (χ2v) is 4.68. The molecule has 2 N–H and O–H groups in total. The second-order valence-electron chi connectivity index (χ2n) is 4.27. The van der Waals surface area contributed by atoms with Crippen LogP contribution >= 0.6 is 12.2 Å². The van der Waals surface area contributed by atoms with Crippen LogP contribution in [0.25, 0.3) is 0 Å². The first kappa shape index (κ1) is 16.6. The van der Waals surface area contributed by atoms with Crippen molar-refractivity contribution in [2.75, 3.05) is 25.5 Å². The fourth-order valence-electron chi connectivity index (χ4n) is 1.52. The van der Waals surface area contributed by atoms with Gasteiger partial charge < -0.3 is 10.2 Å². The maximum Gasteiger partial charge on any atom is 0.293 e. The first-order valence-electron chi connectivity index (χ1n) is 6.09. The molecular formula is C13H17N5O2S. The van der Waals surface area contributed by atoms with Crippen LogP contribution < -0.4 is 15.6 Å². The van der Waals surface area contributed by atoms with Gasteiger partial charge in [0.05, 0.1) is 11.1 Å². The third kappa shape index (κ3) is 5.19. The zero-order valence-electron chi connectivity index (χ0n) is 11.9. The number of hydrogen-bond donors (Lipinski definition) is 2. The van der Waals surface area contributed by atoms with E-state index < -0.39 is 4.92 Å². The molecule has 0 unspecified atom stereocenters. The SMILES string of the molecule is C=CCNC(=S)N/N=C\c1ccc(N(C)C)c([N+](=O)[O-])c1. The number of anilines is 1. The van der Waals surface area contributed by atoms with Crippen molar-refractivity contribution in [3.8, 4) is 0 Å². The minimum Gasteiger partial charge on any atom is -0.372 e. The van der Waals surface area contributed by atoms with E-state index in [1.165, 1.54) is 12.3 Å². The highest BCUT2D eigenvalue weighted by molar-refractivity contribution is 7.80. The van der Waals surface area contributed by atoms with Crippen LogP contribution in [0.5, 0.6) is 0 Å². The van der Waals surface area contributed by atoms with E-state index in [4.69, 9.17) is 12.2 Å². The Hall–Kier alpha value is -2.48. The van der Waals surface area contributed by atoms with E-state index in [1.807, 2.05) is 0 Å². The molecule has 112 valence electrons. The van der Waals surface area contributed by atoms with Crippen molar-refractivity contribution in [2.24, 2.45) is 5.10 Å². The summed E-state index contributed by atoms with van der Waals surface area (Å²) >= 11 is 4.96. The molecule has 7 nitrogen and oxygen atoms in total. The van der Waals surface area contributed by atoms with E-state index in [1.54, 1.807) is 37.2 Å². The summed E-state index contributed by atoms with van der Waals surface area (Å²) in [6.07, 6.45) is 3.13. The molecule has 1 aromatic carbocycles. The van der Waals surface area contributed by atoms with Gasteiger partial charge in [0.25, 0.3) is 5.69 Å². The first-order valence-corrected chi connectivity index (χ1v) is 6.50. The second kappa shape index (κ2) is 7.95. The monoisotopic (exact) mass is 307 g/mol. The number of nitrogens with zero attached hydrogens (tertiary/aromatic N) is 3. The Labute approximate surface area is 128 Å². The number of hydrogen-bond acceptors (Lipinski definition) is 5. The molecule has 0 amide bonds. The van der Waals surface area contributed by atoms with Crippen molar-refractivity contribution >= 4 is 34.9 Å². The molecule has 1 aromatic rings. The van der Waals surface area contributed by atoms with E-state index in [0.29, 0.717) is 22.9 Å². The lowest BCUT2D eigenvalue weighted by Crippen LogP contribution is -2.31. The zero-order valence-corrected chi connectivity index (χ0v) is 12.7. The first-order chi connectivity index (χ1) is 9.95. The summed E-state index contributed by atoms with van der Waals surface area (Å²) in [7, 11) is 3.50. The van der Waals surface area contributed by atoms with Crippen molar-refractivity contribution in [2.45, 2.75) is 0 Å². The van der Waals surface area contributed by atoms with Crippen LogP contribution in [-0.4, -0.2) is 36.9 Å². The largest absolute Gasteiger partial charge is 0.372 e. The van der Waals surface area contributed by atoms with Gasteiger partial charge in [-0.1, -0.05) is 12.1 Å². The van der Waals surface area contributed by atoms with Gasteiger partial charge >= 0.3 is 0 Å². The normalized spacial score (nSPS) is 10.2. The van der Waals surface area contributed by atoms with Crippen molar-refractivity contribution < 1.29 is 4.92 Å². The highest BCUT2D eigenvalue weighted by atomic mass is 32.1. The summed E-state index contributed by atoms with van der Waals surface area (Å²) in [5.41, 5.74) is 3.78. The zero-order chi connectivity index (χ0) is 15.8. The van der Waals surface area contributed by atoms with Gasteiger partial charge in [0, 0.05) is 32.3 Å². The maximum absolute atomic E-state index is 11.1. The number of nitrogens with one attached hydrogen (secondary N) is 2. The van der Waals surface area contributed by atoms with Crippen LogP contribution in [0.2, 0.25) is 0 Å². The molecule has 0 bridgehead atoms. The maximum atomic E-state index is 11.1. The Morgan fingerprint density at radius 3 is 2.86 bits per heavy atom. The van der Waals surface area contributed by atoms with Gasteiger partial charge in [0.15, 0.2) is 5.11 Å². The third-order valence-electron chi connectivity index (χ3n) is 2.46. The molecule has 0 atom stereocenters. The Morgan fingerprint density at radius 1 is 1.57 bits per heavy atom. The summed E-state index contributed by atoms with van der Waals surface area (Å²) in [5, 5.41) is 18.2. The molecule has 0 aliphatic heterocycles. The summed E-state index contributed by atoms with van der Waals surface area (Å²) in [6, 6.07) is 4.88. The molecule has 0 heterocycles. The van der Waals surface area contributed by atoms with Crippen molar-refractivity contribution in [1.29, 1.82) is 0 Å². The van der Waals surface area contributed by atoms with Crippen LogP contribution in [0.15, 0.2) is 36.0 Å². The number of nitro benzene ring substituents is 1. The van der Waals surface area contributed by atoms with Gasteiger partial charge in [0.1, 0.15) is 5.69 Å². The van der Waals surface area contributed by atoms with Gasteiger partial charge in [-0.3, -0.25) is 15.5 Å².